The molecule has 240 valence electrons. The van der Waals surface area contributed by atoms with Gasteiger partial charge in [-0.1, -0.05) is 24.3 Å². The summed E-state index contributed by atoms with van der Waals surface area (Å²) in [7, 11) is 0. The minimum Gasteiger partial charge on any atom is -0.394 e. The number of hydrogen-bond donors (Lipinski definition) is 5. The Bertz CT molecular complexity index is 1570. The number of nitrogens with one attached hydrogen (secondary N) is 1. The van der Waals surface area contributed by atoms with Crippen LogP contribution in [0, 0.1) is 0 Å². The number of amides is 3. The maximum absolute atomic E-state index is 13.1. The van der Waals surface area contributed by atoms with Gasteiger partial charge < -0.3 is 35.4 Å². The van der Waals surface area contributed by atoms with Gasteiger partial charge in [-0.15, -0.1) is 5.10 Å². The highest BCUT2D eigenvalue weighted by atomic mass is 16.6. The molecule has 45 heavy (non-hydrogen) atoms. The third-order valence-electron chi connectivity index (χ3n) is 8.65. The number of imide groups is 1. The molecular weight excluding hydrogens is 586 g/mol. The lowest BCUT2D eigenvalue weighted by atomic mass is 9.92. The number of benzene rings is 2. The van der Waals surface area contributed by atoms with Gasteiger partial charge in [-0.3, -0.25) is 24.2 Å². The molecule has 3 aliphatic heterocycles. The number of carbonyl (C=O) groups excluding carboxylic acids is 3. The van der Waals surface area contributed by atoms with E-state index < -0.39 is 37.3 Å². The topological polar surface area (TPSA) is 194 Å². The zero-order chi connectivity index (χ0) is 31.8. The van der Waals surface area contributed by atoms with Crippen molar-refractivity contribution in [2.75, 3.05) is 50.8 Å². The van der Waals surface area contributed by atoms with Gasteiger partial charge in [-0.2, -0.15) is 0 Å². The van der Waals surface area contributed by atoms with E-state index in [0.29, 0.717) is 61.4 Å². The van der Waals surface area contributed by atoms with E-state index in [0.717, 1.165) is 11.1 Å². The van der Waals surface area contributed by atoms with Crippen LogP contribution >= 0.6 is 0 Å². The molecule has 0 radical (unpaired) electrons. The molecule has 3 aliphatic rings. The minimum absolute atomic E-state index is 0.0734. The van der Waals surface area contributed by atoms with Crippen molar-refractivity contribution < 1.29 is 39.5 Å². The summed E-state index contributed by atoms with van der Waals surface area (Å²) >= 11 is 0. The van der Waals surface area contributed by atoms with Crippen molar-refractivity contribution in [3.05, 3.63) is 53.3 Å². The standard InChI is InChI=1S/C30H37N7O8/c1-2-8-36-28(43)19-5-3-4-18-21(7-6-20(24(18)19)29(36)44)35-11-9-34(10-12-35)15-23(39)31-13-17-14-37(33-32-17)30-27(42)26(41)25(40)22(16-38)45-30/h3-7,14,22,25-27,30,38,40-42H,2,8-13,15-16H2,1H3,(H,31,39)/t22-,25-,26+,27-,30-/m1/s1. The molecule has 15 heteroatoms. The lowest BCUT2D eigenvalue weighted by Gasteiger charge is -2.39. The van der Waals surface area contributed by atoms with Gasteiger partial charge in [0, 0.05) is 60.3 Å². The Morgan fingerprint density at radius 1 is 1.00 bits per heavy atom. The van der Waals surface area contributed by atoms with Crippen molar-refractivity contribution >= 4 is 34.2 Å². The summed E-state index contributed by atoms with van der Waals surface area (Å²) in [4.78, 5) is 44.5. The number of carbonyl (C=O) groups is 3. The molecule has 0 bridgehead atoms. The molecule has 15 nitrogen and oxygen atoms in total. The van der Waals surface area contributed by atoms with Crippen LogP contribution in [-0.4, -0.2) is 133 Å². The fraction of sp³-hybridized carbons (Fsp3) is 0.500. The molecule has 3 amide bonds. The number of nitrogens with zero attached hydrogens (tertiary/aromatic N) is 6. The van der Waals surface area contributed by atoms with E-state index >= 15 is 0 Å². The summed E-state index contributed by atoms with van der Waals surface area (Å²) in [6.07, 6.45) is -4.63. The van der Waals surface area contributed by atoms with Gasteiger partial charge in [-0.25, -0.2) is 4.68 Å². The SMILES string of the molecule is CCCN1C(=O)c2cccc3c(N4CCN(CC(=O)NCc5cn([C@@H]6O[C@H](CO)[C@@H](O)[C@H](O)[C@H]6O)nn5)CC4)ccc(c23)C1=O. The fourth-order valence-corrected chi connectivity index (χ4v) is 6.25. The van der Waals surface area contributed by atoms with E-state index in [9.17, 15) is 34.8 Å². The van der Waals surface area contributed by atoms with Crippen molar-refractivity contribution in [1.29, 1.82) is 0 Å². The minimum atomic E-state index is -1.54. The zero-order valence-corrected chi connectivity index (χ0v) is 24.8. The molecule has 0 spiro atoms. The third-order valence-corrected chi connectivity index (χ3v) is 8.65. The van der Waals surface area contributed by atoms with Crippen LogP contribution in [0.3, 0.4) is 0 Å². The van der Waals surface area contributed by atoms with Crippen LogP contribution in [0.4, 0.5) is 5.69 Å². The molecule has 4 heterocycles. The van der Waals surface area contributed by atoms with Crippen LogP contribution in [0.25, 0.3) is 10.8 Å². The summed E-state index contributed by atoms with van der Waals surface area (Å²) in [6.45, 7) is 4.58. The zero-order valence-electron chi connectivity index (χ0n) is 24.8. The van der Waals surface area contributed by atoms with Gasteiger partial charge in [0.2, 0.25) is 5.91 Å². The molecule has 2 saturated heterocycles. The molecule has 0 aliphatic carbocycles. The maximum atomic E-state index is 13.1. The Balaban J connectivity index is 1.04. The lowest BCUT2D eigenvalue weighted by molar-refractivity contribution is -0.254. The molecule has 5 N–H and O–H groups in total. The Hall–Kier alpha value is -3.99. The first-order valence-corrected chi connectivity index (χ1v) is 15.1. The Labute approximate surface area is 258 Å². The number of aliphatic hydroxyl groups is 4. The molecular formula is C30H37N7O8. The summed E-state index contributed by atoms with van der Waals surface area (Å²) in [5.74, 6) is -0.727. The first kappa shape index (κ1) is 31.0. The number of aromatic nitrogens is 3. The molecule has 2 aromatic carbocycles. The molecule has 6 rings (SSSR count). The summed E-state index contributed by atoms with van der Waals surface area (Å²) in [5, 5.41) is 52.0. The van der Waals surface area contributed by atoms with Crippen LogP contribution in [0.2, 0.25) is 0 Å². The van der Waals surface area contributed by atoms with Crippen molar-refractivity contribution in [2.45, 2.75) is 50.5 Å². The number of aliphatic hydroxyl groups excluding tert-OH is 4. The molecule has 0 saturated carbocycles. The van der Waals surface area contributed by atoms with Crippen molar-refractivity contribution in [1.82, 2.24) is 30.1 Å². The molecule has 2 fully saturated rings. The highest BCUT2D eigenvalue weighted by Gasteiger charge is 2.44. The van der Waals surface area contributed by atoms with E-state index in [1.54, 1.807) is 6.07 Å². The quantitative estimate of drug-likeness (QED) is 0.180. The summed E-state index contributed by atoms with van der Waals surface area (Å²) < 4.78 is 6.66. The average Bonchev–Trinajstić information content (AvgIpc) is 3.52. The smallest absolute Gasteiger partial charge is 0.261 e. The second kappa shape index (κ2) is 12.8. The van der Waals surface area contributed by atoms with Gasteiger partial charge in [0.1, 0.15) is 30.1 Å². The van der Waals surface area contributed by atoms with E-state index in [4.69, 9.17) is 4.74 Å². The number of hydrogen-bond acceptors (Lipinski definition) is 12. The first-order valence-electron chi connectivity index (χ1n) is 15.1. The van der Waals surface area contributed by atoms with Gasteiger partial charge >= 0.3 is 0 Å². The number of piperazine rings is 1. The Kier molecular flexibility index (Phi) is 8.81. The largest absolute Gasteiger partial charge is 0.394 e. The molecule has 0 unspecified atom stereocenters. The van der Waals surface area contributed by atoms with Gasteiger partial charge in [0.15, 0.2) is 6.23 Å². The molecule has 3 aromatic rings. The highest BCUT2D eigenvalue weighted by molar-refractivity contribution is 6.26. The number of ether oxygens (including phenoxy) is 1. The number of anilines is 1. The van der Waals surface area contributed by atoms with Crippen molar-refractivity contribution in [3.63, 3.8) is 0 Å². The predicted octanol–water partition coefficient (Wildman–Crippen LogP) is -1.15. The summed E-state index contributed by atoms with van der Waals surface area (Å²) in [6, 6.07) is 9.33. The highest BCUT2D eigenvalue weighted by Crippen LogP contribution is 2.36. The van der Waals surface area contributed by atoms with Gasteiger partial charge in [-0.05, 0) is 24.6 Å². The third kappa shape index (κ3) is 5.78. The van der Waals surface area contributed by atoms with Crippen LogP contribution in [0.5, 0.6) is 0 Å². The van der Waals surface area contributed by atoms with Crippen LogP contribution in [-0.2, 0) is 16.1 Å². The van der Waals surface area contributed by atoms with E-state index in [2.05, 4.69) is 20.5 Å². The van der Waals surface area contributed by atoms with Crippen molar-refractivity contribution in [3.8, 4) is 0 Å². The normalized spacial score (nSPS) is 25.7. The second-order valence-corrected chi connectivity index (χ2v) is 11.6. The first-order chi connectivity index (χ1) is 21.7. The second-order valence-electron chi connectivity index (χ2n) is 11.6. The fourth-order valence-electron chi connectivity index (χ4n) is 6.25. The monoisotopic (exact) mass is 623 g/mol. The number of rotatable bonds is 9. The van der Waals surface area contributed by atoms with E-state index in [1.807, 2.05) is 36.1 Å². The van der Waals surface area contributed by atoms with Gasteiger partial charge in [0.05, 0.1) is 25.9 Å². The van der Waals surface area contributed by atoms with Crippen LogP contribution in [0.15, 0.2) is 36.5 Å². The van der Waals surface area contributed by atoms with Crippen molar-refractivity contribution in [2.24, 2.45) is 0 Å². The van der Waals surface area contributed by atoms with Crippen LogP contribution < -0.4 is 10.2 Å². The summed E-state index contributed by atoms with van der Waals surface area (Å²) in [5.41, 5.74) is 2.43. The van der Waals surface area contributed by atoms with Gasteiger partial charge in [0.25, 0.3) is 11.8 Å². The lowest BCUT2D eigenvalue weighted by Crippen LogP contribution is -2.56. The molecule has 1 aromatic heterocycles. The van der Waals surface area contributed by atoms with E-state index in [1.165, 1.54) is 15.8 Å². The maximum Gasteiger partial charge on any atom is 0.261 e. The Morgan fingerprint density at radius 2 is 1.73 bits per heavy atom. The average molecular weight is 624 g/mol. The molecule has 5 atom stereocenters. The Morgan fingerprint density at radius 3 is 2.44 bits per heavy atom. The van der Waals surface area contributed by atoms with Crippen LogP contribution in [0.1, 0.15) is 46.0 Å². The predicted molar refractivity (Wildman–Crippen MR) is 159 cm³/mol. The van der Waals surface area contributed by atoms with E-state index in [-0.39, 0.29) is 30.8 Å².